The summed E-state index contributed by atoms with van der Waals surface area (Å²) in [5, 5.41) is 15.4. The number of aliphatic hydroxyl groups is 1. The molecule has 3 aromatic rings. The number of likely N-dealkylation sites (tertiary alicyclic amines) is 1. The molecule has 2 atom stereocenters. The second-order valence-corrected chi connectivity index (χ2v) is 9.00. The smallest absolute Gasteiger partial charge is 0.257 e. The lowest BCUT2D eigenvalue weighted by Gasteiger charge is -2.42. The third-order valence-corrected chi connectivity index (χ3v) is 7.08. The van der Waals surface area contributed by atoms with Crippen molar-refractivity contribution in [2.75, 3.05) is 20.2 Å². The highest BCUT2D eigenvalue weighted by Crippen LogP contribution is 2.45. The molecule has 1 aliphatic heterocycles. The van der Waals surface area contributed by atoms with E-state index in [1.54, 1.807) is 11.8 Å². The largest absolute Gasteiger partial charge is 0.497 e. The van der Waals surface area contributed by atoms with Gasteiger partial charge in [0, 0.05) is 30.3 Å². The number of piperidine rings is 1. The first-order valence-electron chi connectivity index (χ1n) is 11.4. The molecule has 2 fully saturated rings. The number of rotatable bonds is 4. The third-order valence-electron chi connectivity index (χ3n) is 7.08. The Kier molecular flexibility index (Phi) is 5.47. The summed E-state index contributed by atoms with van der Waals surface area (Å²) in [6.45, 7) is 1.33. The quantitative estimate of drug-likeness (QED) is 0.668. The van der Waals surface area contributed by atoms with Gasteiger partial charge < -0.3 is 14.7 Å². The van der Waals surface area contributed by atoms with Gasteiger partial charge in [-0.25, -0.2) is 4.68 Å². The monoisotopic (exact) mass is 431 g/mol. The zero-order valence-electron chi connectivity index (χ0n) is 18.4. The zero-order valence-corrected chi connectivity index (χ0v) is 18.4. The van der Waals surface area contributed by atoms with Crippen LogP contribution in [0.3, 0.4) is 0 Å². The van der Waals surface area contributed by atoms with Crippen LogP contribution in [0.5, 0.6) is 5.75 Å². The van der Waals surface area contributed by atoms with Crippen LogP contribution in [0.2, 0.25) is 0 Å². The molecular weight excluding hydrogens is 402 g/mol. The van der Waals surface area contributed by atoms with Crippen LogP contribution in [0.25, 0.3) is 16.9 Å². The van der Waals surface area contributed by atoms with Gasteiger partial charge in [0.2, 0.25) is 0 Å². The predicted molar refractivity (Wildman–Crippen MR) is 123 cm³/mol. The van der Waals surface area contributed by atoms with E-state index in [9.17, 15) is 9.90 Å². The number of aliphatic hydroxyl groups excluding tert-OH is 1. The molecule has 1 saturated heterocycles. The highest BCUT2D eigenvalue weighted by Gasteiger charge is 2.46. The van der Waals surface area contributed by atoms with Crippen molar-refractivity contribution in [1.82, 2.24) is 14.7 Å². The van der Waals surface area contributed by atoms with Gasteiger partial charge in [0.05, 0.1) is 24.5 Å². The molecule has 166 valence electrons. The molecule has 1 N–H and O–H groups in total. The molecule has 1 aromatic heterocycles. The van der Waals surface area contributed by atoms with E-state index < -0.39 is 0 Å². The second kappa shape index (κ2) is 8.43. The minimum atomic E-state index is -0.314. The summed E-state index contributed by atoms with van der Waals surface area (Å²) >= 11 is 0. The summed E-state index contributed by atoms with van der Waals surface area (Å²) in [5.41, 5.74) is 2.87. The molecule has 32 heavy (non-hydrogen) atoms. The molecule has 0 bridgehead atoms. The number of carbonyl (C=O) groups is 1. The first-order valence-corrected chi connectivity index (χ1v) is 11.4. The molecule has 2 heterocycles. The maximum Gasteiger partial charge on any atom is 0.257 e. The van der Waals surface area contributed by atoms with Gasteiger partial charge in [0.25, 0.3) is 5.91 Å². The van der Waals surface area contributed by atoms with E-state index in [0.29, 0.717) is 24.3 Å². The van der Waals surface area contributed by atoms with Crippen LogP contribution in [-0.4, -0.2) is 52.0 Å². The Balaban J connectivity index is 1.52. The number of carbonyl (C=O) groups excluding carboxylic acids is 1. The fourth-order valence-electron chi connectivity index (χ4n) is 5.31. The van der Waals surface area contributed by atoms with Crippen LogP contribution in [0.15, 0.2) is 60.8 Å². The van der Waals surface area contributed by atoms with Crippen molar-refractivity contribution >= 4 is 5.91 Å². The van der Waals surface area contributed by atoms with Crippen LogP contribution in [-0.2, 0) is 0 Å². The average Bonchev–Trinajstić information content (AvgIpc) is 3.44. The number of para-hydroxylation sites is 1. The van der Waals surface area contributed by atoms with Crippen molar-refractivity contribution in [3.05, 3.63) is 66.4 Å². The van der Waals surface area contributed by atoms with Gasteiger partial charge in [0.15, 0.2) is 0 Å². The van der Waals surface area contributed by atoms with Crippen molar-refractivity contribution in [3.63, 3.8) is 0 Å². The first-order chi connectivity index (χ1) is 15.6. The standard InChI is InChI=1S/C26H29N3O3/c1-32-21-12-10-19(11-13-21)24-22(17-29(27-24)20-7-3-2-4-8-20)25(31)28-16-6-15-26(18-28)14-5-9-23(26)30/h2-4,7-8,10-13,17,23,30H,5-6,9,14-16,18H2,1H3/t23-,26-/m1/s1. The Morgan fingerprint density at radius 2 is 1.84 bits per heavy atom. The molecular formula is C26H29N3O3. The summed E-state index contributed by atoms with van der Waals surface area (Å²) in [6.07, 6.45) is 6.30. The minimum absolute atomic E-state index is 0.0174. The molecule has 1 aliphatic carbocycles. The van der Waals surface area contributed by atoms with Crippen LogP contribution in [0, 0.1) is 5.41 Å². The molecule has 1 amide bonds. The van der Waals surface area contributed by atoms with E-state index in [1.807, 2.05) is 65.7 Å². The van der Waals surface area contributed by atoms with E-state index in [0.717, 1.165) is 49.1 Å². The lowest BCUT2D eigenvalue weighted by atomic mass is 9.76. The highest BCUT2D eigenvalue weighted by atomic mass is 16.5. The van der Waals surface area contributed by atoms with Crippen molar-refractivity contribution < 1.29 is 14.6 Å². The molecule has 6 nitrogen and oxygen atoms in total. The predicted octanol–water partition coefficient (Wildman–Crippen LogP) is 4.32. The van der Waals surface area contributed by atoms with Gasteiger partial charge in [-0.2, -0.15) is 5.10 Å². The Morgan fingerprint density at radius 3 is 2.53 bits per heavy atom. The van der Waals surface area contributed by atoms with Crippen molar-refractivity contribution in [1.29, 1.82) is 0 Å². The number of amides is 1. The minimum Gasteiger partial charge on any atom is -0.497 e. The van der Waals surface area contributed by atoms with Gasteiger partial charge in [-0.15, -0.1) is 0 Å². The number of hydrogen-bond acceptors (Lipinski definition) is 4. The fraction of sp³-hybridized carbons (Fsp3) is 0.385. The number of nitrogens with zero attached hydrogens (tertiary/aromatic N) is 3. The summed E-state index contributed by atoms with van der Waals surface area (Å²) in [5.74, 6) is 0.744. The summed E-state index contributed by atoms with van der Waals surface area (Å²) in [6, 6.07) is 17.5. The van der Waals surface area contributed by atoms with E-state index in [-0.39, 0.29) is 17.4 Å². The molecule has 0 radical (unpaired) electrons. The van der Waals surface area contributed by atoms with Crippen molar-refractivity contribution in [2.45, 2.75) is 38.2 Å². The first kappa shape index (κ1) is 20.8. The second-order valence-electron chi connectivity index (χ2n) is 9.00. The van der Waals surface area contributed by atoms with Gasteiger partial charge in [-0.3, -0.25) is 4.79 Å². The molecule has 2 aliphatic rings. The van der Waals surface area contributed by atoms with E-state index >= 15 is 0 Å². The molecule has 6 heteroatoms. The maximum absolute atomic E-state index is 13.8. The fourth-order valence-corrected chi connectivity index (χ4v) is 5.31. The summed E-state index contributed by atoms with van der Waals surface area (Å²) < 4.78 is 7.07. The number of hydrogen-bond donors (Lipinski definition) is 1. The Labute approximate surface area is 188 Å². The molecule has 0 unspecified atom stereocenters. The summed E-state index contributed by atoms with van der Waals surface area (Å²) in [7, 11) is 1.64. The molecule has 2 aromatic carbocycles. The zero-order chi connectivity index (χ0) is 22.1. The van der Waals surface area contributed by atoms with Gasteiger partial charge in [0.1, 0.15) is 11.4 Å². The van der Waals surface area contributed by atoms with Crippen LogP contribution >= 0.6 is 0 Å². The lowest BCUT2D eigenvalue weighted by Crippen LogP contribution is -2.49. The maximum atomic E-state index is 13.8. The molecule has 1 spiro atoms. The highest BCUT2D eigenvalue weighted by molar-refractivity contribution is 6.00. The van der Waals surface area contributed by atoms with E-state index in [1.165, 1.54) is 0 Å². The Bertz CT molecular complexity index is 1090. The molecule has 5 rings (SSSR count). The number of aromatic nitrogens is 2. The SMILES string of the molecule is COc1ccc(-c2nn(-c3ccccc3)cc2C(=O)N2CCC[C@]3(CCC[C@H]3O)C2)cc1. The van der Waals surface area contributed by atoms with E-state index in [4.69, 9.17) is 9.84 Å². The van der Waals surface area contributed by atoms with E-state index in [2.05, 4.69) is 0 Å². The lowest BCUT2D eigenvalue weighted by molar-refractivity contribution is -0.00533. The van der Waals surface area contributed by atoms with Gasteiger partial charge in [-0.1, -0.05) is 24.6 Å². The topological polar surface area (TPSA) is 67.6 Å². The Hall–Kier alpha value is -3.12. The van der Waals surface area contributed by atoms with Crippen molar-refractivity contribution in [3.8, 4) is 22.7 Å². The van der Waals surface area contributed by atoms with Gasteiger partial charge in [-0.05, 0) is 62.1 Å². The number of benzene rings is 2. The number of methoxy groups -OCH3 is 1. The number of ether oxygens (including phenoxy) is 1. The average molecular weight is 432 g/mol. The van der Waals surface area contributed by atoms with Gasteiger partial charge >= 0.3 is 0 Å². The van der Waals surface area contributed by atoms with Crippen LogP contribution in [0.4, 0.5) is 0 Å². The summed E-state index contributed by atoms with van der Waals surface area (Å²) in [4.78, 5) is 15.7. The third kappa shape index (κ3) is 3.69. The Morgan fingerprint density at radius 1 is 1.09 bits per heavy atom. The normalized spacial score (nSPS) is 22.9. The van der Waals surface area contributed by atoms with Crippen molar-refractivity contribution in [2.24, 2.45) is 5.41 Å². The van der Waals surface area contributed by atoms with Crippen LogP contribution in [0.1, 0.15) is 42.5 Å². The van der Waals surface area contributed by atoms with Crippen LogP contribution < -0.4 is 4.74 Å². The molecule has 1 saturated carbocycles.